The molecule has 1 aromatic rings. The first kappa shape index (κ1) is 12.6. The molecule has 0 atom stereocenters. The van der Waals surface area contributed by atoms with E-state index in [-0.39, 0.29) is 0 Å². The molecule has 1 rings (SSSR count). The van der Waals surface area contributed by atoms with E-state index in [2.05, 4.69) is 32.8 Å². The summed E-state index contributed by atoms with van der Waals surface area (Å²) in [4.78, 5) is 8.22. The third-order valence-corrected chi connectivity index (χ3v) is 4.31. The first-order valence-corrected chi connectivity index (χ1v) is 6.80. The molecule has 0 bridgehead atoms. The zero-order valence-electron chi connectivity index (χ0n) is 7.56. The third-order valence-electron chi connectivity index (χ3n) is 1.40. The predicted octanol–water partition coefficient (Wildman–Crippen LogP) is 4.19. The molecule has 0 fully saturated rings. The van der Waals surface area contributed by atoms with Crippen molar-refractivity contribution in [2.75, 3.05) is 5.75 Å². The van der Waals surface area contributed by atoms with Crippen LogP contribution in [0.5, 0.6) is 0 Å². The first-order valence-electron chi connectivity index (χ1n) is 4.10. The summed E-state index contributed by atoms with van der Waals surface area (Å²) in [6.07, 6.45) is 1.14. The average molecular weight is 316 g/mol. The first-order chi connectivity index (χ1) is 6.65. The van der Waals surface area contributed by atoms with Crippen LogP contribution in [-0.2, 0) is 5.75 Å². The largest absolute Gasteiger partial charge is 0.219 e. The van der Waals surface area contributed by atoms with Gasteiger partial charge < -0.3 is 0 Å². The molecule has 0 aliphatic carbocycles. The summed E-state index contributed by atoms with van der Waals surface area (Å²) >= 11 is 16.7. The van der Waals surface area contributed by atoms with Gasteiger partial charge in [0.15, 0.2) is 0 Å². The van der Waals surface area contributed by atoms with Crippen LogP contribution in [0.25, 0.3) is 0 Å². The smallest absolute Gasteiger partial charge is 0.148 e. The minimum absolute atomic E-state index is 0.372. The van der Waals surface area contributed by atoms with Crippen molar-refractivity contribution in [3.63, 3.8) is 0 Å². The lowest BCUT2D eigenvalue weighted by Crippen LogP contribution is -1.95. The fourth-order valence-corrected chi connectivity index (χ4v) is 2.15. The van der Waals surface area contributed by atoms with Crippen LogP contribution in [0, 0.1) is 0 Å². The van der Waals surface area contributed by atoms with E-state index >= 15 is 0 Å². The van der Waals surface area contributed by atoms with Crippen molar-refractivity contribution >= 4 is 50.9 Å². The molecule has 0 radical (unpaired) electrons. The molecule has 0 aliphatic rings. The highest BCUT2D eigenvalue weighted by atomic mass is 79.9. The van der Waals surface area contributed by atoms with E-state index in [9.17, 15) is 0 Å². The summed E-state index contributed by atoms with van der Waals surface area (Å²) in [5, 5.41) is 0.745. The fourth-order valence-electron chi connectivity index (χ4n) is 0.807. The van der Waals surface area contributed by atoms with Crippen LogP contribution in [0.4, 0.5) is 0 Å². The van der Waals surface area contributed by atoms with E-state index in [0.29, 0.717) is 20.6 Å². The number of thioether (sulfide) groups is 1. The quantitative estimate of drug-likeness (QED) is 0.615. The van der Waals surface area contributed by atoms with Crippen molar-refractivity contribution in [3.8, 4) is 0 Å². The number of rotatable bonds is 4. The summed E-state index contributed by atoms with van der Waals surface area (Å²) in [6, 6.07) is 0. The number of hydrogen-bond donors (Lipinski definition) is 0. The standard InChI is InChI=1S/C8H9BrCl2N2S/c1-2-3-14-4-5-12-7(10)6(9)8(11)13-5/h2-4H2,1H3. The lowest BCUT2D eigenvalue weighted by atomic mass is 10.6. The lowest BCUT2D eigenvalue weighted by Gasteiger charge is -2.02. The Bertz CT molecular complexity index is 299. The second-order valence-electron chi connectivity index (χ2n) is 2.59. The molecule has 6 heteroatoms. The Morgan fingerprint density at radius 1 is 1.29 bits per heavy atom. The van der Waals surface area contributed by atoms with Gasteiger partial charge in [-0.2, -0.15) is 11.8 Å². The Morgan fingerprint density at radius 3 is 2.36 bits per heavy atom. The van der Waals surface area contributed by atoms with E-state index in [1.807, 2.05) is 0 Å². The van der Waals surface area contributed by atoms with Crippen molar-refractivity contribution in [2.24, 2.45) is 0 Å². The van der Waals surface area contributed by atoms with Crippen LogP contribution in [0.1, 0.15) is 19.2 Å². The van der Waals surface area contributed by atoms with Gasteiger partial charge in [0.1, 0.15) is 16.1 Å². The number of hydrogen-bond acceptors (Lipinski definition) is 3. The number of nitrogens with zero attached hydrogens (tertiary/aromatic N) is 2. The van der Waals surface area contributed by atoms with Gasteiger partial charge in [-0.1, -0.05) is 30.1 Å². The topological polar surface area (TPSA) is 25.8 Å². The Labute approximate surface area is 106 Å². The summed E-state index contributed by atoms with van der Waals surface area (Å²) in [5.41, 5.74) is 0. The van der Waals surface area contributed by atoms with Crippen LogP contribution in [-0.4, -0.2) is 15.7 Å². The van der Waals surface area contributed by atoms with Crippen molar-refractivity contribution in [1.29, 1.82) is 0 Å². The average Bonchev–Trinajstić information content (AvgIpc) is 2.14. The highest BCUT2D eigenvalue weighted by molar-refractivity contribution is 9.10. The minimum atomic E-state index is 0.372. The Hall–Kier alpha value is 0.490. The van der Waals surface area contributed by atoms with Crippen LogP contribution in [0.3, 0.4) is 0 Å². The Morgan fingerprint density at radius 2 is 1.86 bits per heavy atom. The van der Waals surface area contributed by atoms with Gasteiger partial charge in [0, 0.05) is 0 Å². The van der Waals surface area contributed by atoms with Crippen molar-refractivity contribution < 1.29 is 0 Å². The molecule has 0 saturated carbocycles. The number of aromatic nitrogens is 2. The van der Waals surface area contributed by atoms with E-state index < -0.39 is 0 Å². The summed E-state index contributed by atoms with van der Waals surface area (Å²) in [5.74, 6) is 2.52. The minimum Gasteiger partial charge on any atom is -0.219 e. The zero-order valence-corrected chi connectivity index (χ0v) is 11.5. The van der Waals surface area contributed by atoms with Crippen LogP contribution in [0.15, 0.2) is 4.47 Å². The van der Waals surface area contributed by atoms with Crippen molar-refractivity contribution in [3.05, 3.63) is 20.6 Å². The maximum Gasteiger partial charge on any atom is 0.148 e. The maximum absolute atomic E-state index is 5.84. The van der Waals surface area contributed by atoms with Crippen molar-refractivity contribution in [1.82, 2.24) is 9.97 Å². The van der Waals surface area contributed by atoms with Crippen LogP contribution >= 0.6 is 50.9 Å². The van der Waals surface area contributed by atoms with E-state index in [0.717, 1.165) is 17.9 Å². The lowest BCUT2D eigenvalue weighted by molar-refractivity contribution is 1.02. The molecular weight excluding hydrogens is 307 g/mol. The van der Waals surface area contributed by atoms with Crippen LogP contribution < -0.4 is 0 Å². The van der Waals surface area contributed by atoms with Crippen molar-refractivity contribution in [2.45, 2.75) is 19.1 Å². The Balaban J connectivity index is 2.69. The highest BCUT2D eigenvalue weighted by Gasteiger charge is 2.08. The van der Waals surface area contributed by atoms with E-state index in [1.54, 1.807) is 11.8 Å². The van der Waals surface area contributed by atoms with E-state index in [4.69, 9.17) is 23.2 Å². The molecule has 0 amide bonds. The third kappa shape index (κ3) is 3.57. The second kappa shape index (κ2) is 6.16. The molecule has 0 N–H and O–H groups in total. The molecule has 1 aromatic heterocycles. The van der Waals surface area contributed by atoms with Gasteiger partial charge in [0.2, 0.25) is 0 Å². The van der Waals surface area contributed by atoms with Gasteiger partial charge in [-0.3, -0.25) is 0 Å². The molecule has 2 nitrogen and oxygen atoms in total. The summed E-state index contributed by atoms with van der Waals surface area (Å²) in [6.45, 7) is 2.13. The van der Waals surface area contributed by atoms with Gasteiger partial charge in [-0.25, -0.2) is 9.97 Å². The van der Waals surface area contributed by atoms with E-state index in [1.165, 1.54) is 0 Å². The molecule has 0 unspecified atom stereocenters. The fraction of sp³-hybridized carbons (Fsp3) is 0.500. The van der Waals surface area contributed by atoms with Crippen LogP contribution in [0.2, 0.25) is 10.3 Å². The predicted molar refractivity (Wildman–Crippen MR) is 66.2 cm³/mol. The van der Waals surface area contributed by atoms with Gasteiger partial charge in [-0.05, 0) is 28.1 Å². The second-order valence-corrected chi connectivity index (χ2v) is 5.20. The van der Waals surface area contributed by atoms with Gasteiger partial charge in [-0.15, -0.1) is 0 Å². The molecule has 0 saturated heterocycles. The molecule has 0 aliphatic heterocycles. The molecule has 0 spiro atoms. The van der Waals surface area contributed by atoms with Gasteiger partial charge in [0.05, 0.1) is 10.2 Å². The molecule has 0 aromatic carbocycles. The SMILES string of the molecule is CCCSCc1nc(Cl)c(Br)c(Cl)n1. The number of halogens is 3. The summed E-state index contributed by atoms with van der Waals surface area (Å²) in [7, 11) is 0. The van der Waals surface area contributed by atoms with Gasteiger partial charge >= 0.3 is 0 Å². The molecule has 14 heavy (non-hydrogen) atoms. The molecule has 78 valence electrons. The summed E-state index contributed by atoms with van der Waals surface area (Å²) < 4.78 is 0.560. The zero-order chi connectivity index (χ0) is 10.6. The molecular formula is C8H9BrCl2N2S. The highest BCUT2D eigenvalue weighted by Crippen LogP contribution is 2.27. The Kier molecular flexibility index (Phi) is 5.52. The maximum atomic E-state index is 5.84. The van der Waals surface area contributed by atoms with Gasteiger partial charge in [0.25, 0.3) is 0 Å². The normalized spacial score (nSPS) is 10.6. The monoisotopic (exact) mass is 314 g/mol. The molecule has 1 heterocycles.